The number of hydrogen-bond acceptors (Lipinski definition) is 5. The number of para-hydroxylation sites is 1. The standard InChI is InChI=1S/C27H24N4O3/c32-26(29-20-11-12-23-24(16-20)34-27(33-23)13-5-2-6-14-27)22-18-31(21-9-3-1-4-10-21)30-25(22)19-8-7-15-28-17-19/h1,3-4,7-12,15-18H,2,5-6,13-14H2,(H,29,32). The van der Waals surface area contributed by atoms with E-state index in [9.17, 15) is 4.79 Å². The van der Waals surface area contributed by atoms with Crippen LogP contribution in [0.3, 0.4) is 0 Å². The summed E-state index contributed by atoms with van der Waals surface area (Å²) in [6.45, 7) is 0. The number of amides is 1. The Labute approximate surface area is 197 Å². The minimum absolute atomic E-state index is 0.257. The second-order valence-corrected chi connectivity index (χ2v) is 8.70. The van der Waals surface area contributed by atoms with Crippen LogP contribution in [0.4, 0.5) is 5.69 Å². The van der Waals surface area contributed by atoms with Gasteiger partial charge < -0.3 is 14.8 Å². The van der Waals surface area contributed by atoms with Gasteiger partial charge in [-0.3, -0.25) is 9.78 Å². The molecule has 1 fully saturated rings. The van der Waals surface area contributed by atoms with E-state index in [1.807, 2.05) is 60.7 Å². The van der Waals surface area contributed by atoms with Crippen LogP contribution < -0.4 is 14.8 Å². The Morgan fingerprint density at radius 3 is 2.56 bits per heavy atom. The highest BCUT2D eigenvalue weighted by molar-refractivity contribution is 6.08. The highest BCUT2D eigenvalue weighted by Crippen LogP contribution is 2.46. The van der Waals surface area contributed by atoms with Crippen molar-refractivity contribution in [1.82, 2.24) is 14.8 Å². The van der Waals surface area contributed by atoms with Gasteiger partial charge in [-0.05, 0) is 49.2 Å². The van der Waals surface area contributed by atoms with E-state index in [-0.39, 0.29) is 5.91 Å². The first-order chi connectivity index (χ1) is 16.7. The molecule has 4 aromatic rings. The Morgan fingerprint density at radius 2 is 1.76 bits per heavy atom. The van der Waals surface area contributed by atoms with Crippen molar-refractivity contribution in [2.45, 2.75) is 37.9 Å². The molecule has 1 N–H and O–H groups in total. The summed E-state index contributed by atoms with van der Waals surface area (Å²) >= 11 is 0. The maximum atomic E-state index is 13.4. The summed E-state index contributed by atoms with van der Waals surface area (Å²) in [6.07, 6.45) is 10.3. The van der Waals surface area contributed by atoms with Gasteiger partial charge in [-0.1, -0.05) is 24.6 Å². The van der Waals surface area contributed by atoms with Crippen molar-refractivity contribution in [3.8, 4) is 28.4 Å². The number of pyridine rings is 1. The lowest BCUT2D eigenvalue weighted by atomic mass is 9.94. The van der Waals surface area contributed by atoms with Crippen LogP contribution in [0, 0.1) is 0 Å². The second-order valence-electron chi connectivity index (χ2n) is 8.70. The summed E-state index contributed by atoms with van der Waals surface area (Å²) in [5.74, 6) is 0.598. The van der Waals surface area contributed by atoms with Crippen LogP contribution in [-0.4, -0.2) is 26.5 Å². The number of nitrogens with one attached hydrogen (secondary N) is 1. The third-order valence-corrected chi connectivity index (χ3v) is 6.32. The lowest BCUT2D eigenvalue weighted by Crippen LogP contribution is -2.40. The number of anilines is 1. The first-order valence-electron chi connectivity index (χ1n) is 11.6. The van der Waals surface area contributed by atoms with Crippen molar-refractivity contribution in [3.63, 3.8) is 0 Å². The zero-order chi connectivity index (χ0) is 23.0. The number of rotatable bonds is 4. The van der Waals surface area contributed by atoms with Crippen molar-refractivity contribution >= 4 is 11.6 Å². The fourth-order valence-corrected chi connectivity index (χ4v) is 4.63. The van der Waals surface area contributed by atoms with Gasteiger partial charge in [0.2, 0.25) is 0 Å². The van der Waals surface area contributed by atoms with Crippen molar-refractivity contribution in [2.75, 3.05) is 5.32 Å². The van der Waals surface area contributed by atoms with Crippen LogP contribution in [0.25, 0.3) is 16.9 Å². The van der Waals surface area contributed by atoms with Gasteiger partial charge in [-0.25, -0.2) is 4.68 Å². The Kier molecular flexibility index (Phi) is 5.02. The number of aromatic nitrogens is 3. The van der Waals surface area contributed by atoms with Gasteiger partial charge in [0.15, 0.2) is 11.5 Å². The van der Waals surface area contributed by atoms with E-state index in [0.717, 1.165) is 42.7 Å². The summed E-state index contributed by atoms with van der Waals surface area (Å²) < 4.78 is 14.1. The number of ether oxygens (including phenoxy) is 2. The van der Waals surface area contributed by atoms with Crippen LogP contribution in [0.2, 0.25) is 0 Å². The molecule has 1 spiro atoms. The molecule has 170 valence electrons. The fourth-order valence-electron chi connectivity index (χ4n) is 4.63. The molecule has 1 amide bonds. The van der Waals surface area contributed by atoms with E-state index < -0.39 is 5.79 Å². The average Bonchev–Trinajstić information content (AvgIpc) is 3.47. The quantitative estimate of drug-likeness (QED) is 0.435. The molecule has 1 aliphatic heterocycles. The number of fused-ring (bicyclic) bond motifs is 1. The van der Waals surface area contributed by atoms with Crippen LogP contribution in [0.15, 0.2) is 79.3 Å². The van der Waals surface area contributed by atoms with Gasteiger partial charge in [-0.15, -0.1) is 0 Å². The Bertz CT molecular complexity index is 1330. The number of carbonyl (C=O) groups excluding carboxylic acids is 1. The molecule has 3 heterocycles. The highest BCUT2D eigenvalue weighted by atomic mass is 16.7. The maximum Gasteiger partial charge on any atom is 0.259 e. The molecule has 2 aliphatic rings. The monoisotopic (exact) mass is 452 g/mol. The molecule has 1 saturated carbocycles. The Balaban J connectivity index is 1.30. The first kappa shape index (κ1) is 20.5. The molecular formula is C27H24N4O3. The minimum atomic E-state index is -0.548. The molecule has 1 aliphatic carbocycles. The number of carbonyl (C=O) groups is 1. The fraction of sp³-hybridized carbons (Fsp3) is 0.222. The van der Waals surface area contributed by atoms with Crippen LogP contribution in [0.1, 0.15) is 42.5 Å². The van der Waals surface area contributed by atoms with E-state index in [4.69, 9.17) is 14.6 Å². The first-order valence-corrected chi connectivity index (χ1v) is 11.6. The average molecular weight is 453 g/mol. The molecule has 0 saturated heterocycles. The lowest BCUT2D eigenvalue weighted by molar-refractivity contribution is -0.105. The molecule has 0 radical (unpaired) electrons. The lowest BCUT2D eigenvalue weighted by Gasteiger charge is -2.31. The zero-order valence-corrected chi connectivity index (χ0v) is 18.6. The SMILES string of the molecule is O=C(Nc1ccc2c(c1)OC1(CCCCC1)O2)c1cn(-c2ccccc2)nc1-c1cccnc1. The van der Waals surface area contributed by atoms with E-state index in [1.54, 1.807) is 23.3 Å². The van der Waals surface area contributed by atoms with Crippen molar-refractivity contribution < 1.29 is 14.3 Å². The van der Waals surface area contributed by atoms with Gasteiger partial charge >= 0.3 is 0 Å². The van der Waals surface area contributed by atoms with Crippen molar-refractivity contribution in [2.24, 2.45) is 0 Å². The minimum Gasteiger partial charge on any atom is -0.448 e. The third-order valence-electron chi connectivity index (χ3n) is 6.32. The highest BCUT2D eigenvalue weighted by Gasteiger charge is 2.42. The van der Waals surface area contributed by atoms with Gasteiger partial charge in [0.05, 0.1) is 11.3 Å². The smallest absolute Gasteiger partial charge is 0.259 e. The van der Waals surface area contributed by atoms with Gasteiger partial charge in [-0.2, -0.15) is 5.10 Å². The Hall–Kier alpha value is -4.13. The molecular weight excluding hydrogens is 428 g/mol. The summed E-state index contributed by atoms with van der Waals surface area (Å²) in [7, 11) is 0. The molecule has 2 aromatic heterocycles. The zero-order valence-electron chi connectivity index (χ0n) is 18.6. The van der Waals surface area contributed by atoms with Gasteiger partial charge in [0.25, 0.3) is 11.7 Å². The normalized spacial score (nSPS) is 15.9. The molecule has 34 heavy (non-hydrogen) atoms. The maximum absolute atomic E-state index is 13.4. The van der Waals surface area contributed by atoms with E-state index in [2.05, 4.69) is 10.3 Å². The van der Waals surface area contributed by atoms with Crippen molar-refractivity contribution in [1.29, 1.82) is 0 Å². The van der Waals surface area contributed by atoms with E-state index >= 15 is 0 Å². The molecule has 2 aromatic carbocycles. The predicted molar refractivity (Wildman–Crippen MR) is 128 cm³/mol. The number of nitrogens with zero attached hydrogens (tertiary/aromatic N) is 3. The third kappa shape index (κ3) is 3.79. The predicted octanol–water partition coefficient (Wildman–Crippen LogP) is 5.62. The van der Waals surface area contributed by atoms with Crippen LogP contribution in [0.5, 0.6) is 11.5 Å². The molecule has 0 atom stereocenters. The largest absolute Gasteiger partial charge is 0.448 e. The van der Waals surface area contributed by atoms with Crippen molar-refractivity contribution in [3.05, 3.63) is 84.8 Å². The summed E-state index contributed by atoms with van der Waals surface area (Å²) in [5, 5.41) is 7.71. The molecule has 7 heteroatoms. The Morgan fingerprint density at radius 1 is 0.941 bits per heavy atom. The van der Waals surface area contributed by atoms with Crippen LogP contribution in [-0.2, 0) is 0 Å². The van der Waals surface area contributed by atoms with Gasteiger partial charge in [0, 0.05) is 48.7 Å². The van der Waals surface area contributed by atoms with Gasteiger partial charge in [0.1, 0.15) is 5.69 Å². The summed E-state index contributed by atoms with van der Waals surface area (Å²) in [5.41, 5.74) is 3.30. The topological polar surface area (TPSA) is 78.3 Å². The molecule has 0 bridgehead atoms. The van der Waals surface area contributed by atoms with Crippen LogP contribution >= 0.6 is 0 Å². The summed E-state index contributed by atoms with van der Waals surface area (Å²) in [6, 6.07) is 19.0. The molecule has 0 unspecified atom stereocenters. The number of hydrogen-bond donors (Lipinski definition) is 1. The second kappa shape index (κ2) is 8.33. The number of benzene rings is 2. The van der Waals surface area contributed by atoms with E-state index in [1.165, 1.54) is 6.42 Å². The summed E-state index contributed by atoms with van der Waals surface area (Å²) in [4.78, 5) is 17.6. The molecule has 7 nitrogen and oxygen atoms in total. The molecule has 6 rings (SSSR count). The van der Waals surface area contributed by atoms with E-state index in [0.29, 0.717) is 22.7 Å².